The Kier molecular flexibility index (Phi) is 13.5. The van der Waals surface area contributed by atoms with Crippen molar-refractivity contribution in [1.82, 2.24) is 0 Å². The Morgan fingerprint density at radius 3 is 1.45 bits per heavy atom. The summed E-state index contributed by atoms with van der Waals surface area (Å²) in [5.41, 5.74) is 7.98. The number of nitrogens with one attached hydrogen (secondary N) is 2. The van der Waals surface area contributed by atoms with Gasteiger partial charge >= 0.3 is 0 Å². The van der Waals surface area contributed by atoms with Crippen molar-refractivity contribution < 1.29 is 19.1 Å². The number of hydrogen-bond donors (Lipinski definition) is 3. The molecule has 0 fully saturated rings. The maximum Gasteiger partial charge on any atom is 0.137 e. The highest BCUT2D eigenvalue weighted by Crippen LogP contribution is 2.29. The minimum Gasteiger partial charge on any atom is -0.457 e. The number of rotatable bonds is 20. The average molecular weight is 570 g/mol. The molecule has 0 heterocycles. The molecule has 0 unspecified atom stereocenters. The average Bonchev–Trinajstić information content (AvgIpc) is 2.95. The van der Waals surface area contributed by atoms with E-state index >= 15 is 0 Å². The molecule has 42 heavy (non-hydrogen) atoms. The summed E-state index contributed by atoms with van der Waals surface area (Å²) in [6.07, 6.45) is 8.75. The third-order valence-corrected chi connectivity index (χ3v) is 6.84. The fourth-order valence-electron chi connectivity index (χ4n) is 4.56. The van der Waals surface area contributed by atoms with Crippen molar-refractivity contribution in [3.63, 3.8) is 0 Å². The van der Waals surface area contributed by atoms with E-state index in [0.717, 1.165) is 56.1 Å². The van der Waals surface area contributed by atoms with Crippen LogP contribution in [0.5, 0.6) is 23.0 Å². The van der Waals surface area contributed by atoms with Crippen molar-refractivity contribution in [3.8, 4) is 23.0 Å². The molecule has 0 saturated carbocycles. The molecular weight excluding hydrogens is 526 g/mol. The van der Waals surface area contributed by atoms with Gasteiger partial charge in [0.2, 0.25) is 0 Å². The number of ketones is 2. The van der Waals surface area contributed by atoms with E-state index in [0.29, 0.717) is 60.8 Å². The lowest BCUT2D eigenvalue weighted by Gasteiger charge is -2.10. The third kappa shape index (κ3) is 12.9. The van der Waals surface area contributed by atoms with E-state index in [-0.39, 0.29) is 17.4 Å². The molecule has 0 spiro atoms. The number of Topliss-reactive ketones (excluding diaryl/α,β-unsaturated/α-hetero) is 2. The molecular formula is C35H43N3O4. The molecule has 0 amide bonds. The topological polar surface area (TPSA) is 126 Å². The summed E-state index contributed by atoms with van der Waals surface area (Å²) < 4.78 is 12.0. The zero-order chi connectivity index (χ0) is 30.2. The van der Waals surface area contributed by atoms with Gasteiger partial charge in [-0.25, -0.2) is 0 Å². The van der Waals surface area contributed by atoms with Crippen LogP contribution in [0.1, 0.15) is 82.3 Å². The monoisotopic (exact) mass is 569 g/mol. The van der Waals surface area contributed by atoms with Crippen LogP contribution in [-0.4, -0.2) is 23.1 Å². The van der Waals surface area contributed by atoms with Crippen LogP contribution in [0.25, 0.3) is 0 Å². The smallest absolute Gasteiger partial charge is 0.137 e. The predicted molar refractivity (Wildman–Crippen MR) is 168 cm³/mol. The highest BCUT2D eigenvalue weighted by molar-refractivity contribution is 5.81. The van der Waals surface area contributed by atoms with E-state index in [1.165, 1.54) is 0 Å². The summed E-state index contributed by atoms with van der Waals surface area (Å²) in [7, 11) is 0. The van der Waals surface area contributed by atoms with E-state index in [1.807, 2.05) is 79.7 Å². The Hall–Kier alpha value is -4.26. The first kappa shape index (κ1) is 32.3. The highest BCUT2D eigenvalue weighted by atomic mass is 16.5. The minimum atomic E-state index is 0.201. The normalized spacial score (nSPS) is 10.7. The van der Waals surface area contributed by atoms with Crippen LogP contribution in [0.4, 0.5) is 0 Å². The molecule has 0 aliphatic carbocycles. The van der Waals surface area contributed by atoms with Crippen molar-refractivity contribution in [3.05, 3.63) is 83.9 Å². The van der Waals surface area contributed by atoms with E-state index in [1.54, 1.807) is 0 Å². The number of benzene rings is 3. The number of hydrogen-bond acceptors (Lipinski definition) is 6. The van der Waals surface area contributed by atoms with Gasteiger partial charge in [-0.15, -0.1) is 0 Å². The number of ether oxygens (including phenoxy) is 2. The zero-order valence-electron chi connectivity index (χ0n) is 24.6. The van der Waals surface area contributed by atoms with Crippen LogP contribution in [0, 0.1) is 10.8 Å². The van der Waals surface area contributed by atoms with Crippen LogP contribution >= 0.6 is 0 Å². The molecule has 0 aromatic heterocycles. The fourth-order valence-corrected chi connectivity index (χ4v) is 4.56. The van der Waals surface area contributed by atoms with Crippen LogP contribution in [0.2, 0.25) is 0 Å². The molecule has 7 heteroatoms. The van der Waals surface area contributed by atoms with E-state index < -0.39 is 0 Å². The summed E-state index contributed by atoms with van der Waals surface area (Å²) in [6.45, 7) is 1.82. The Morgan fingerprint density at radius 1 is 0.595 bits per heavy atom. The molecule has 0 bridgehead atoms. The zero-order valence-corrected chi connectivity index (χ0v) is 24.6. The molecule has 7 nitrogen and oxygen atoms in total. The van der Waals surface area contributed by atoms with Crippen LogP contribution < -0.4 is 15.2 Å². The Labute approximate surface area is 249 Å². The number of carbonyl (C=O) groups excluding carboxylic acids is 2. The van der Waals surface area contributed by atoms with E-state index in [9.17, 15) is 9.59 Å². The maximum absolute atomic E-state index is 12.3. The molecule has 4 N–H and O–H groups in total. The predicted octanol–water partition coefficient (Wildman–Crippen LogP) is 8.37. The first-order chi connectivity index (χ1) is 20.3. The Balaban J connectivity index is 1.42. The van der Waals surface area contributed by atoms with Gasteiger partial charge in [0.25, 0.3) is 0 Å². The van der Waals surface area contributed by atoms with Crippen molar-refractivity contribution in [2.45, 2.75) is 84.0 Å². The SMILES string of the molecule is CC(=N)CCCCCC(=O)Cc1ccc(Oc2cccc(Oc3ccc(CC(=O)CCCCCC(=N)N)cc3)c2)cc1. The Morgan fingerprint density at radius 2 is 1.02 bits per heavy atom. The first-order valence-electron chi connectivity index (χ1n) is 14.8. The second kappa shape index (κ2) is 17.5. The third-order valence-electron chi connectivity index (χ3n) is 6.84. The standard InChI is InChI=1S/C35H43N3O4/c1-26(36)9-4-2-5-10-29(39)23-27-15-19-31(20-16-27)41-33-12-8-13-34(25-33)42-32-21-17-28(18-22-32)24-30(40)11-6-3-7-14-35(37)38/h8,12-13,15-22,25,36H,2-7,9-11,14,23-24H2,1H3,(H3,37,38). The first-order valence-corrected chi connectivity index (χ1v) is 14.8. The molecule has 0 saturated heterocycles. The summed E-state index contributed by atoms with van der Waals surface area (Å²) >= 11 is 0. The number of nitrogens with two attached hydrogens (primary N) is 1. The summed E-state index contributed by atoms with van der Waals surface area (Å²) in [5, 5.41) is 14.7. The molecule has 0 atom stereocenters. The molecule has 3 rings (SSSR count). The van der Waals surface area contributed by atoms with Crippen molar-refractivity contribution in [2.24, 2.45) is 5.73 Å². The van der Waals surface area contributed by atoms with E-state index in [2.05, 4.69) is 0 Å². The van der Waals surface area contributed by atoms with Gasteiger partial charge in [0.15, 0.2) is 0 Å². The summed E-state index contributed by atoms with van der Waals surface area (Å²) in [4.78, 5) is 24.6. The largest absolute Gasteiger partial charge is 0.457 e. The molecule has 0 aliphatic rings. The molecule has 0 aliphatic heterocycles. The lowest BCUT2D eigenvalue weighted by Crippen LogP contribution is -2.08. The summed E-state index contributed by atoms with van der Waals surface area (Å²) in [6, 6.07) is 22.5. The van der Waals surface area contributed by atoms with Gasteiger partial charge in [0.1, 0.15) is 34.6 Å². The second-order valence-electron chi connectivity index (χ2n) is 10.8. The number of amidine groups is 1. The van der Waals surface area contributed by atoms with Gasteiger partial charge in [-0.3, -0.25) is 15.0 Å². The molecule has 3 aromatic carbocycles. The van der Waals surface area contributed by atoms with Gasteiger partial charge < -0.3 is 20.6 Å². The van der Waals surface area contributed by atoms with Crippen molar-refractivity contribution >= 4 is 23.1 Å². The molecule has 3 aromatic rings. The van der Waals surface area contributed by atoms with Crippen LogP contribution in [0.3, 0.4) is 0 Å². The van der Waals surface area contributed by atoms with E-state index in [4.69, 9.17) is 26.0 Å². The Bertz CT molecular complexity index is 1220. The number of unbranched alkanes of at least 4 members (excludes halogenated alkanes) is 4. The van der Waals surface area contributed by atoms with Crippen LogP contribution in [-0.2, 0) is 22.4 Å². The fraction of sp³-hybridized carbons (Fsp3) is 0.371. The molecule has 222 valence electrons. The number of carbonyl (C=O) groups is 2. The quantitative estimate of drug-likeness (QED) is 0.0716. The second-order valence-corrected chi connectivity index (χ2v) is 10.8. The molecule has 0 radical (unpaired) electrons. The lowest BCUT2D eigenvalue weighted by atomic mass is 10.0. The van der Waals surface area contributed by atoms with Gasteiger partial charge in [-0.2, -0.15) is 0 Å². The van der Waals surface area contributed by atoms with Crippen LogP contribution in [0.15, 0.2) is 72.8 Å². The van der Waals surface area contributed by atoms with Gasteiger partial charge in [-0.05, 0) is 86.6 Å². The van der Waals surface area contributed by atoms with Crippen molar-refractivity contribution in [2.75, 3.05) is 0 Å². The maximum atomic E-state index is 12.3. The van der Waals surface area contributed by atoms with Crippen molar-refractivity contribution in [1.29, 1.82) is 10.8 Å². The minimum absolute atomic E-state index is 0.201. The summed E-state index contributed by atoms with van der Waals surface area (Å²) in [5.74, 6) is 3.27. The lowest BCUT2D eigenvalue weighted by molar-refractivity contribution is -0.119. The van der Waals surface area contributed by atoms with Gasteiger partial charge in [-0.1, -0.05) is 43.2 Å². The van der Waals surface area contributed by atoms with Gasteiger partial charge in [0.05, 0.1) is 5.84 Å². The van der Waals surface area contributed by atoms with Gasteiger partial charge in [0, 0.05) is 43.9 Å². The highest BCUT2D eigenvalue weighted by Gasteiger charge is 2.08.